The highest BCUT2D eigenvalue weighted by molar-refractivity contribution is 9.10. The molecule has 0 atom stereocenters. The number of halogens is 2. The summed E-state index contributed by atoms with van der Waals surface area (Å²) in [4.78, 5) is 12.3. The predicted octanol–water partition coefficient (Wildman–Crippen LogP) is 3.06. The van der Waals surface area contributed by atoms with Gasteiger partial charge in [0.2, 0.25) is 10.0 Å². The molecular weight excluding hydrogens is 387 g/mol. The van der Waals surface area contributed by atoms with Crippen molar-refractivity contribution < 1.29 is 17.6 Å². The zero-order valence-electron chi connectivity index (χ0n) is 12.4. The number of amides is 1. The molecule has 0 aliphatic heterocycles. The normalized spacial score (nSPS) is 11.3. The van der Waals surface area contributed by atoms with Crippen LogP contribution in [0, 0.1) is 12.7 Å². The zero-order valence-corrected chi connectivity index (χ0v) is 14.8. The van der Waals surface area contributed by atoms with E-state index in [4.69, 9.17) is 0 Å². The summed E-state index contributed by atoms with van der Waals surface area (Å²) in [5, 5.41) is 2.60. The summed E-state index contributed by atoms with van der Waals surface area (Å²) in [5.41, 5.74) is 1.12. The molecule has 5 nitrogen and oxygen atoms in total. The third kappa shape index (κ3) is 3.95. The fraction of sp³-hybridized carbons (Fsp3) is 0.133. The monoisotopic (exact) mass is 400 g/mol. The van der Waals surface area contributed by atoms with Gasteiger partial charge in [0, 0.05) is 10.2 Å². The molecule has 122 valence electrons. The highest BCUT2D eigenvalue weighted by Gasteiger charge is 2.17. The smallest absolute Gasteiger partial charge is 0.256 e. The van der Waals surface area contributed by atoms with Gasteiger partial charge in [-0.05, 0) is 65.8 Å². The molecule has 0 aliphatic carbocycles. The van der Waals surface area contributed by atoms with E-state index in [9.17, 15) is 17.6 Å². The molecular formula is C15H14BrFN2O3S. The Kier molecular flexibility index (Phi) is 5.18. The lowest BCUT2D eigenvalue weighted by atomic mass is 10.2. The fourth-order valence-electron chi connectivity index (χ4n) is 1.95. The minimum absolute atomic E-state index is 0.0796. The number of rotatable bonds is 4. The minimum Gasteiger partial charge on any atom is -0.322 e. The molecule has 2 rings (SSSR count). The van der Waals surface area contributed by atoms with Crippen LogP contribution >= 0.6 is 15.9 Å². The van der Waals surface area contributed by atoms with Crippen molar-refractivity contribution in [2.24, 2.45) is 0 Å². The second-order valence-corrected chi connectivity index (χ2v) is 7.48. The first-order chi connectivity index (χ1) is 10.7. The van der Waals surface area contributed by atoms with E-state index in [2.05, 4.69) is 26.0 Å². The number of hydrogen-bond donors (Lipinski definition) is 2. The molecule has 2 N–H and O–H groups in total. The molecule has 2 aromatic rings. The average molecular weight is 401 g/mol. The Bertz CT molecular complexity index is 869. The number of benzene rings is 2. The van der Waals surface area contributed by atoms with Crippen LogP contribution in [0.1, 0.15) is 15.9 Å². The molecule has 0 saturated heterocycles. The molecule has 0 fully saturated rings. The Labute approximate surface area is 142 Å². The minimum atomic E-state index is -3.63. The van der Waals surface area contributed by atoms with Crippen LogP contribution < -0.4 is 10.0 Å². The molecule has 2 aromatic carbocycles. The maximum Gasteiger partial charge on any atom is 0.256 e. The number of aryl methyl sites for hydroxylation is 1. The van der Waals surface area contributed by atoms with Gasteiger partial charge < -0.3 is 5.32 Å². The Hall–Kier alpha value is -1.77. The first-order valence-electron chi connectivity index (χ1n) is 6.55. The van der Waals surface area contributed by atoms with Gasteiger partial charge >= 0.3 is 0 Å². The van der Waals surface area contributed by atoms with Crippen molar-refractivity contribution >= 4 is 37.5 Å². The molecule has 0 unspecified atom stereocenters. The molecule has 0 spiro atoms. The summed E-state index contributed by atoms with van der Waals surface area (Å²) in [6.07, 6.45) is 0. The van der Waals surface area contributed by atoms with Crippen LogP contribution in [0.5, 0.6) is 0 Å². The van der Waals surface area contributed by atoms with Crippen LogP contribution in [-0.4, -0.2) is 21.4 Å². The van der Waals surface area contributed by atoms with Crippen molar-refractivity contribution in [2.75, 3.05) is 12.4 Å². The van der Waals surface area contributed by atoms with Crippen molar-refractivity contribution in [2.45, 2.75) is 11.8 Å². The Morgan fingerprint density at radius 2 is 1.87 bits per heavy atom. The zero-order chi connectivity index (χ0) is 17.2. The number of hydrogen-bond acceptors (Lipinski definition) is 3. The quantitative estimate of drug-likeness (QED) is 0.827. The first-order valence-corrected chi connectivity index (χ1v) is 8.83. The van der Waals surface area contributed by atoms with Crippen LogP contribution in [0.3, 0.4) is 0 Å². The SMILES string of the molecule is CNS(=O)(=O)c1cc(NC(=O)c2ccc(F)cc2Br)ccc1C. The summed E-state index contributed by atoms with van der Waals surface area (Å²) in [6.45, 7) is 1.66. The second-order valence-electron chi connectivity index (χ2n) is 4.77. The number of nitrogens with one attached hydrogen (secondary N) is 2. The largest absolute Gasteiger partial charge is 0.322 e. The Morgan fingerprint density at radius 3 is 2.48 bits per heavy atom. The molecule has 0 radical (unpaired) electrons. The summed E-state index contributed by atoms with van der Waals surface area (Å²) in [7, 11) is -2.31. The lowest BCUT2D eigenvalue weighted by Crippen LogP contribution is -2.20. The van der Waals surface area contributed by atoms with Gasteiger partial charge in [-0.15, -0.1) is 0 Å². The third-order valence-corrected chi connectivity index (χ3v) is 5.39. The van der Waals surface area contributed by atoms with E-state index in [0.717, 1.165) is 0 Å². The van der Waals surface area contributed by atoms with Gasteiger partial charge in [-0.25, -0.2) is 17.5 Å². The molecule has 1 amide bonds. The van der Waals surface area contributed by atoms with E-state index in [-0.39, 0.29) is 10.5 Å². The maximum absolute atomic E-state index is 13.1. The van der Waals surface area contributed by atoms with Crippen LogP contribution in [-0.2, 0) is 10.0 Å². The molecule has 0 heterocycles. The molecule has 0 saturated carbocycles. The average Bonchev–Trinajstić information content (AvgIpc) is 2.48. The topological polar surface area (TPSA) is 75.3 Å². The van der Waals surface area contributed by atoms with Gasteiger partial charge in [0.15, 0.2) is 0 Å². The van der Waals surface area contributed by atoms with Gasteiger partial charge in [0.25, 0.3) is 5.91 Å². The molecule has 0 aliphatic rings. The van der Waals surface area contributed by atoms with Crippen LogP contribution in [0.25, 0.3) is 0 Å². The van der Waals surface area contributed by atoms with Crippen LogP contribution in [0.4, 0.5) is 10.1 Å². The van der Waals surface area contributed by atoms with Crippen LogP contribution in [0.2, 0.25) is 0 Å². The van der Waals surface area contributed by atoms with Gasteiger partial charge in [-0.1, -0.05) is 6.07 Å². The van der Waals surface area contributed by atoms with E-state index in [1.165, 1.54) is 31.3 Å². The van der Waals surface area contributed by atoms with Crippen molar-refractivity contribution in [1.82, 2.24) is 4.72 Å². The Morgan fingerprint density at radius 1 is 1.17 bits per heavy atom. The number of carbonyl (C=O) groups is 1. The van der Waals surface area contributed by atoms with E-state index in [1.54, 1.807) is 19.1 Å². The lowest BCUT2D eigenvalue weighted by Gasteiger charge is -2.11. The molecule has 8 heteroatoms. The highest BCUT2D eigenvalue weighted by atomic mass is 79.9. The third-order valence-electron chi connectivity index (χ3n) is 3.18. The van der Waals surface area contributed by atoms with E-state index >= 15 is 0 Å². The highest BCUT2D eigenvalue weighted by Crippen LogP contribution is 2.22. The summed E-state index contributed by atoms with van der Waals surface area (Å²) < 4.78 is 39.5. The number of carbonyl (C=O) groups excluding carboxylic acids is 1. The summed E-state index contributed by atoms with van der Waals surface area (Å²) >= 11 is 3.12. The number of anilines is 1. The fourth-order valence-corrected chi connectivity index (χ4v) is 3.47. The van der Waals surface area contributed by atoms with Gasteiger partial charge in [-0.3, -0.25) is 4.79 Å². The van der Waals surface area contributed by atoms with E-state index in [0.29, 0.717) is 15.7 Å². The van der Waals surface area contributed by atoms with Crippen molar-refractivity contribution in [1.29, 1.82) is 0 Å². The van der Waals surface area contributed by atoms with Crippen molar-refractivity contribution in [3.05, 3.63) is 57.8 Å². The number of sulfonamides is 1. The molecule has 0 aromatic heterocycles. The van der Waals surface area contributed by atoms with Crippen LogP contribution in [0.15, 0.2) is 45.8 Å². The molecule has 0 bridgehead atoms. The van der Waals surface area contributed by atoms with E-state index < -0.39 is 21.7 Å². The molecule has 23 heavy (non-hydrogen) atoms. The van der Waals surface area contributed by atoms with Crippen molar-refractivity contribution in [3.63, 3.8) is 0 Å². The standard InChI is InChI=1S/C15H14BrFN2O3S/c1-9-3-5-11(8-14(9)23(21,22)18-2)19-15(20)12-6-4-10(17)7-13(12)16/h3-8,18H,1-2H3,(H,19,20). The summed E-state index contributed by atoms with van der Waals surface area (Å²) in [5.74, 6) is -0.945. The summed E-state index contributed by atoms with van der Waals surface area (Å²) in [6, 6.07) is 8.26. The second kappa shape index (κ2) is 6.77. The van der Waals surface area contributed by atoms with Crippen molar-refractivity contribution in [3.8, 4) is 0 Å². The lowest BCUT2D eigenvalue weighted by molar-refractivity contribution is 0.102. The maximum atomic E-state index is 13.1. The first kappa shape index (κ1) is 17.6. The van der Waals surface area contributed by atoms with Gasteiger partial charge in [-0.2, -0.15) is 0 Å². The van der Waals surface area contributed by atoms with Gasteiger partial charge in [0.05, 0.1) is 10.5 Å². The predicted molar refractivity (Wildman–Crippen MR) is 89.5 cm³/mol. The van der Waals surface area contributed by atoms with Gasteiger partial charge in [0.1, 0.15) is 5.82 Å². The Balaban J connectivity index is 2.34. The van der Waals surface area contributed by atoms with E-state index in [1.807, 2.05) is 0 Å².